The van der Waals surface area contributed by atoms with Crippen LogP contribution in [0.2, 0.25) is 0 Å². The van der Waals surface area contributed by atoms with Crippen LogP contribution in [0.4, 0.5) is 0 Å². The first-order chi connectivity index (χ1) is 13.3. The molecule has 0 atom stereocenters. The molecule has 136 valence electrons. The van der Waals surface area contributed by atoms with Gasteiger partial charge in [0.25, 0.3) is 0 Å². The molecule has 3 aromatic carbocycles. The molecule has 0 unspecified atom stereocenters. The Kier molecular flexibility index (Phi) is 4.97. The summed E-state index contributed by atoms with van der Waals surface area (Å²) in [6, 6.07) is 25.6. The van der Waals surface area contributed by atoms with E-state index in [4.69, 9.17) is 9.47 Å². The van der Waals surface area contributed by atoms with Crippen molar-refractivity contribution in [1.82, 2.24) is 0 Å². The number of ether oxygens (including phenoxy) is 2. The van der Waals surface area contributed by atoms with Crippen molar-refractivity contribution >= 4 is 11.1 Å². The van der Waals surface area contributed by atoms with E-state index in [-0.39, 0.29) is 0 Å². The molecule has 0 heterocycles. The molecule has 0 amide bonds. The molecule has 3 aromatic rings. The maximum absolute atomic E-state index is 5.63. The highest BCUT2D eigenvalue weighted by molar-refractivity contribution is 6.00. The lowest BCUT2D eigenvalue weighted by molar-refractivity contribution is 0.340. The summed E-state index contributed by atoms with van der Waals surface area (Å²) in [6.07, 6.45) is 2.05. The summed E-state index contributed by atoms with van der Waals surface area (Å²) in [7, 11) is 1.73. The third-order valence-corrected chi connectivity index (χ3v) is 5.10. The van der Waals surface area contributed by atoms with Gasteiger partial charge in [0.15, 0.2) is 0 Å². The minimum Gasteiger partial charge on any atom is -0.497 e. The number of hydrogen-bond donors (Lipinski definition) is 0. The van der Waals surface area contributed by atoms with E-state index in [2.05, 4.69) is 72.8 Å². The summed E-state index contributed by atoms with van der Waals surface area (Å²) in [6.45, 7) is 2.69. The van der Waals surface area contributed by atoms with Crippen molar-refractivity contribution in [3.05, 3.63) is 95.1 Å². The van der Waals surface area contributed by atoms with Crippen LogP contribution in [-0.4, -0.2) is 13.7 Å². The Morgan fingerprint density at radius 3 is 2.22 bits per heavy atom. The van der Waals surface area contributed by atoms with Gasteiger partial charge in [-0.15, -0.1) is 0 Å². The number of allylic oxidation sites excluding steroid dienone is 1. The Morgan fingerprint density at radius 2 is 1.52 bits per heavy atom. The molecule has 0 spiro atoms. The van der Waals surface area contributed by atoms with Crippen LogP contribution in [0.1, 0.15) is 35.6 Å². The molecule has 0 saturated heterocycles. The van der Waals surface area contributed by atoms with Crippen LogP contribution >= 0.6 is 0 Å². The monoisotopic (exact) mass is 356 g/mol. The van der Waals surface area contributed by atoms with Crippen molar-refractivity contribution in [2.75, 3.05) is 13.7 Å². The van der Waals surface area contributed by atoms with Crippen LogP contribution in [-0.2, 0) is 6.42 Å². The van der Waals surface area contributed by atoms with Crippen LogP contribution < -0.4 is 9.47 Å². The predicted octanol–water partition coefficient (Wildman–Crippen LogP) is 6.00. The highest BCUT2D eigenvalue weighted by Crippen LogP contribution is 2.42. The normalized spacial score (nSPS) is 13.3. The number of fused-ring (bicyclic) bond motifs is 1. The van der Waals surface area contributed by atoms with Gasteiger partial charge in [0.1, 0.15) is 11.5 Å². The molecule has 27 heavy (non-hydrogen) atoms. The lowest BCUT2D eigenvalue weighted by atomic mass is 9.79. The molecule has 0 fully saturated rings. The fourth-order valence-electron chi connectivity index (χ4n) is 3.84. The number of hydrogen-bond acceptors (Lipinski definition) is 2. The van der Waals surface area contributed by atoms with Crippen LogP contribution in [0.15, 0.2) is 72.8 Å². The first-order valence-electron chi connectivity index (χ1n) is 9.49. The van der Waals surface area contributed by atoms with E-state index in [0.29, 0.717) is 6.61 Å². The summed E-state index contributed by atoms with van der Waals surface area (Å²) in [4.78, 5) is 0. The van der Waals surface area contributed by atoms with Gasteiger partial charge in [-0.05, 0) is 77.4 Å². The lowest BCUT2D eigenvalue weighted by Gasteiger charge is -2.25. The average Bonchev–Trinajstić information content (AvgIpc) is 2.74. The van der Waals surface area contributed by atoms with Gasteiger partial charge in [-0.3, -0.25) is 0 Å². The molecule has 0 saturated carbocycles. The zero-order chi connectivity index (χ0) is 18.6. The molecule has 0 aliphatic heterocycles. The predicted molar refractivity (Wildman–Crippen MR) is 111 cm³/mol. The fourth-order valence-corrected chi connectivity index (χ4v) is 3.84. The molecule has 2 heteroatoms. The maximum Gasteiger partial charge on any atom is 0.119 e. The zero-order valence-electron chi connectivity index (χ0n) is 15.9. The second-order valence-corrected chi connectivity index (χ2v) is 6.70. The highest BCUT2D eigenvalue weighted by Gasteiger charge is 2.22. The molecular weight excluding hydrogens is 332 g/mol. The summed E-state index contributed by atoms with van der Waals surface area (Å²) in [5.74, 6) is 1.83. The first kappa shape index (κ1) is 17.4. The lowest BCUT2D eigenvalue weighted by Crippen LogP contribution is -2.06. The van der Waals surface area contributed by atoms with Gasteiger partial charge < -0.3 is 9.47 Å². The van der Waals surface area contributed by atoms with E-state index in [0.717, 1.165) is 24.3 Å². The second-order valence-electron chi connectivity index (χ2n) is 6.70. The molecule has 1 aliphatic rings. The standard InChI is InChI=1S/C25H24O2/c1-3-27-21-12-9-19(10-13-21)25-23(18-7-5-4-6-8-18)15-11-20-17-22(26-2)14-16-24(20)25/h4-10,12-14,16-17H,3,11,15H2,1-2H3. The summed E-state index contributed by atoms with van der Waals surface area (Å²) in [5, 5.41) is 0. The van der Waals surface area contributed by atoms with Gasteiger partial charge >= 0.3 is 0 Å². The van der Waals surface area contributed by atoms with Gasteiger partial charge in [0.2, 0.25) is 0 Å². The van der Waals surface area contributed by atoms with Crippen LogP contribution in [0.25, 0.3) is 11.1 Å². The van der Waals surface area contributed by atoms with Crippen LogP contribution in [0.5, 0.6) is 11.5 Å². The van der Waals surface area contributed by atoms with Gasteiger partial charge in [-0.1, -0.05) is 48.5 Å². The van der Waals surface area contributed by atoms with Crippen molar-refractivity contribution in [2.45, 2.75) is 19.8 Å². The van der Waals surface area contributed by atoms with Crippen LogP contribution in [0, 0.1) is 0 Å². The molecule has 0 N–H and O–H groups in total. The van der Waals surface area contributed by atoms with E-state index in [1.807, 2.05) is 6.92 Å². The molecule has 4 rings (SSSR count). The molecule has 0 bridgehead atoms. The summed E-state index contributed by atoms with van der Waals surface area (Å²) < 4.78 is 11.1. The van der Waals surface area contributed by atoms with Gasteiger partial charge in [0.05, 0.1) is 13.7 Å². The van der Waals surface area contributed by atoms with Crippen molar-refractivity contribution in [2.24, 2.45) is 0 Å². The number of benzene rings is 3. The average molecular weight is 356 g/mol. The molecule has 0 radical (unpaired) electrons. The topological polar surface area (TPSA) is 18.5 Å². The first-order valence-corrected chi connectivity index (χ1v) is 9.49. The Morgan fingerprint density at radius 1 is 0.778 bits per heavy atom. The third kappa shape index (κ3) is 3.48. The van der Waals surface area contributed by atoms with Crippen LogP contribution in [0.3, 0.4) is 0 Å². The molecule has 1 aliphatic carbocycles. The number of aryl methyl sites for hydroxylation is 1. The van der Waals surface area contributed by atoms with Crippen molar-refractivity contribution in [3.8, 4) is 11.5 Å². The largest absolute Gasteiger partial charge is 0.497 e. The number of rotatable bonds is 5. The Bertz CT molecular complexity index is 953. The van der Waals surface area contributed by atoms with E-state index >= 15 is 0 Å². The fraction of sp³-hybridized carbons (Fsp3) is 0.200. The molecular formula is C25H24O2. The second kappa shape index (κ2) is 7.71. The Hall–Kier alpha value is -3.00. The van der Waals surface area contributed by atoms with E-state index < -0.39 is 0 Å². The Labute approximate surface area is 161 Å². The van der Waals surface area contributed by atoms with E-state index in [1.54, 1.807) is 7.11 Å². The maximum atomic E-state index is 5.63. The zero-order valence-corrected chi connectivity index (χ0v) is 15.9. The van der Waals surface area contributed by atoms with Gasteiger partial charge in [0, 0.05) is 0 Å². The summed E-state index contributed by atoms with van der Waals surface area (Å²) >= 11 is 0. The SMILES string of the molecule is CCOc1ccc(C2=C(c3ccccc3)CCc3cc(OC)ccc32)cc1. The van der Waals surface area contributed by atoms with Gasteiger partial charge in [-0.2, -0.15) is 0 Å². The highest BCUT2D eigenvalue weighted by atomic mass is 16.5. The molecule has 2 nitrogen and oxygen atoms in total. The van der Waals surface area contributed by atoms with E-state index in [1.165, 1.54) is 33.4 Å². The van der Waals surface area contributed by atoms with Crippen molar-refractivity contribution in [3.63, 3.8) is 0 Å². The smallest absolute Gasteiger partial charge is 0.119 e. The van der Waals surface area contributed by atoms with Crippen molar-refractivity contribution in [1.29, 1.82) is 0 Å². The van der Waals surface area contributed by atoms with Gasteiger partial charge in [-0.25, -0.2) is 0 Å². The quantitative estimate of drug-likeness (QED) is 0.558. The summed E-state index contributed by atoms with van der Waals surface area (Å²) in [5.41, 5.74) is 7.87. The Balaban J connectivity index is 1.89. The minimum absolute atomic E-state index is 0.680. The van der Waals surface area contributed by atoms with Crippen molar-refractivity contribution < 1.29 is 9.47 Å². The minimum atomic E-state index is 0.680. The molecule has 0 aromatic heterocycles. The third-order valence-electron chi connectivity index (χ3n) is 5.10. The number of methoxy groups -OCH3 is 1. The van der Waals surface area contributed by atoms with E-state index in [9.17, 15) is 0 Å².